The van der Waals surface area contributed by atoms with E-state index < -0.39 is 30.4 Å². The van der Waals surface area contributed by atoms with Crippen molar-refractivity contribution in [2.75, 3.05) is 13.2 Å². The number of aliphatic hydroxyl groups excluding tert-OH is 3. The van der Waals surface area contributed by atoms with Gasteiger partial charge < -0.3 is 24.8 Å². The molecule has 1 saturated heterocycles. The van der Waals surface area contributed by atoms with Crippen LogP contribution in [-0.4, -0.2) is 58.9 Å². The molecule has 1 aliphatic rings. The van der Waals surface area contributed by atoms with Gasteiger partial charge >= 0.3 is 5.97 Å². The quantitative estimate of drug-likeness (QED) is 0.235. The van der Waals surface area contributed by atoms with Crippen molar-refractivity contribution in [2.45, 2.75) is 134 Å². The van der Waals surface area contributed by atoms with Crippen LogP contribution in [0.3, 0.4) is 0 Å². The summed E-state index contributed by atoms with van der Waals surface area (Å²) < 4.78 is 10.2. The highest BCUT2D eigenvalue weighted by Crippen LogP contribution is 2.17. The predicted molar refractivity (Wildman–Crippen MR) is 118 cm³/mol. The lowest BCUT2D eigenvalue weighted by Gasteiger charge is -2.26. The molecular weight excluding hydrogens is 384 g/mol. The van der Waals surface area contributed by atoms with Gasteiger partial charge in [0.15, 0.2) is 6.10 Å². The molecule has 0 aromatic carbocycles. The van der Waals surface area contributed by atoms with Crippen LogP contribution in [0.15, 0.2) is 0 Å². The monoisotopic (exact) mass is 430 g/mol. The van der Waals surface area contributed by atoms with E-state index in [0.717, 1.165) is 19.3 Å². The van der Waals surface area contributed by atoms with Gasteiger partial charge in [0, 0.05) is 6.42 Å². The number of carbonyl (C=O) groups excluding carboxylic acids is 1. The average Bonchev–Trinajstić information content (AvgIpc) is 2.84. The lowest BCUT2D eigenvalue weighted by Crippen LogP contribution is -2.46. The van der Waals surface area contributed by atoms with E-state index in [2.05, 4.69) is 6.92 Å². The zero-order valence-electron chi connectivity index (χ0n) is 19.1. The number of aliphatic hydroxyl groups is 3. The largest absolute Gasteiger partial charge is 0.457 e. The lowest BCUT2D eigenvalue weighted by molar-refractivity contribution is -0.169. The molecule has 178 valence electrons. The number of esters is 1. The molecule has 30 heavy (non-hydrogen) atoms. The highest BCUT2D eigenvalue weighted by atomic mass is 16.6. The maximum atomic E-state index is 12.0. The highest BCUT2D eigenvalue weighted by molar-refractivity contribution is 5.69. The van der Waals surface area contributed by atoms with Crippen LogP contribution in [0.1, 0.15) is 110 Å². The first-order valence-corrected chi connectivity index (χ1v) is 12.4. The molecule has 0 aliphatic carbocycles. The van der Waals surface area contributed by atoms with Crippen molar-refractivity contribution in [3.05, 3.63) is 0 Å². The topological polar surface area (TPSA) is 96.2 Å². The maximum Gasteiger partial charge on any atom is 0.306 e. The van der Waals surface area contributed by atoms with Crippen LogP contribution < -0.4 is 0 Å². The SMILES string of the molecule is CCCCCCCCCCCCCCCCCC(=O)O[C@H]1[C@H](O)[C@H](O)COC[C@H]1O. The fraction of sp³-hybridized carbons (Fsp3) is 0.958. The molecular formula is C24H46O6. The summed E-state index contributed by atoms with van der Waals surface area (Å²) in [5.74, 6) is -0.443. The highest BCUT2D eigenvalue weighted by Gasteiger charge is 2.38. The van der Waals surface area contributed by atoms with E-state index in [1.807, 2.05) is 0 Å². The molecule has 0 radical (unpaired) electrons. The van der Waals surface area contributed by atoms with Gasteiger partial charge in [-0.3, -0.25) is 4.79 Å². The van der Waals surface area contributed by atoms with Crippen molar-refractivity contribution in [3.63, 3.8) is 0 Å². The number of rotatable bonds is 17. The van der Waals surface area contributed by atoms with Crippen LogP contribution in [0.2, 0.25) is 0 Å². The van der Waals surface area contributed by atoms with Gasteiger partial charge in [-0.15, -0.1) is 0 Å². The van der Waals surface area contributed by atoms with Gasteiger partial charge in [-0.1, -0.05) is 96.8 Å². The number of hydrogen-bond donors (Lipinski definition) is 3. The van der Waals surface area contributed by atoms with Gasteiger partial charge in [0.05, 0.1) is 13.2 Å². The third-order valence-corrected chi connectivity index (χ3v) is 5.94. The van der Waals surface area contributed by atoms with E-state index in [-0.39, 0.29) is 19.6 Å². The van der Waals surface area contributed by atoms with Gasteiger partial charge in [-0.2, -0.15) is 0 Å². The van der Waals surface area contributed by atoms with Crippen LogP contribution in [-0.2, 0) is 14.3 Å². The summed E-state index contributed by atoms with van der Waals surface area (Å²) in [6.07, 6.45) is 14.5. The molecule has 3 N–H and O–H groups in total. The van der Waals surface area contributed by atoms with Crippen LogP contribution >= 0.6 is 0 Å². The summed E-state index contributed by atoms with van der Waals surface area (Å²) in [5.41, 5.74) is 0. The van der Waals surface area contributed by atoms with Gasteiger partial charge in [-0.25, -0.2) is 0 Å². The number of unbranched alkanes of at least 4 members (excludes halogenated alkanes) is 14. The van der Waals surface area contributed by atoms with E-state index in [0.29, 0.717) is 0 Å². The third-order valence-electron chi connectivity index (χ3n) is 5.94. The summed E-state index contributed by atoms with van der Waals surface area (Å²) in [7, 11) is 0. The normalized spacial score (nSPS) is 24.5. The minimum absolute atomic E-state index is 0.0645. The smallest absolute Gasteiger partial charge is 0.306 e. The first-order valence-electron chi connectivity index (χ1n) is 12.4. The van der Waals surface area contributed by atoms with Crippen molar-refractivity contribution >= 4 is 5.97 Å². The lowest BCUT2D eigenvalue weighted by atomic mass is 10.0. The third kappa shape index (κ3) is 12.9. The van der Waals surface area contributed by atoms with Crippen molar-refractivity contribution in [3.8, 4) is 0 Å². The second-order valence-electron chi connectivity index (χ2n) is 8.82. The Morgan fingerprint density at radius 3 is 1.67 bits per heavy atom. The Bertz CT molecular complexity index is 417. The molecule has 0 saturated carbocycles. The zero-order chi connectivity index (χ0) is 22.0. The second-order valence-corrected chi connectivity index (χ2v) is 8.82. The summed E-state index contributed by atoms with van der Waals surface area (Å²) in [6.45, 7) is 2.12. The van der Waals surface area contributed by atoms with Crippen molar-refractivity contribution in [1.82, 2.24) is 0 Å². The average molecular weight is 431 g/mol. The predicted octanol–water partition coefficient (Wildman–Crippen LogP) is 4.27. The minimum atomic E-state index is -1.33. The van der Waals surface area contributed by atoms with Gasteiger partial charge in [0.25, 0.3) is 0 Å². The Morgan fingerprint density at radius 1 is 0.733 bits per heavy atom. The molecule has 4 atom stereocenters. The molecule has 6 heteroatoms. The van der Waals surface area contributed by atoms with Crippen molar-refractivity contribution in [1.29, 1.82) is 0 Å². The van der Waals surface area contributed by atoms with Crippen LogP contribution in [0, 0.1) is 0 Å². The number of carbonyl (C=O) groups is 1. The van der Waals surface area contributed by atoms with Crippen LogP contribution in [0.25, 0.3) is 0 Å². The molecule has 0 bridgehead atoms. The molecule has 0 unspecified atom stereocenters. The molecule has 0 aromatic rings. The minimum Gasteiger partial charge on any atom is -0.457 e. The summed E-state index contributed by atoms with van der Waals surface area (Å²) >= 11 is 0. The van der Waals surface area contributed by atoms with E-state index in [1.54, 1.807) is 0 Å². The number of hydrogen-bond acceptors (Lipinski definition) is 6. The Labute approximate surface area is 183 Å². The van der Waals surface area contributed by atoms with Crippen LogP contribution in [0.4, 0.5) is 0 Å². The Hall–Kier alpha value is -0.690. The van der Waals surface area contributed by atoms with Crippen molar-refractivity contribution in [2.24, 2.45) is 0 Å². The first-order chi connectivity index (χ1) is 14.6. The van der Waals surface area contributed by atoms with Gasteiger partial charge in [-0.05, 0) is 6.42 Å². The van der Waals surface area contributed by atoms with Crippen molar-refractivity contribution < 1.29 is 29.6 Å². The summed E-state index contributed by atoms with van der Waals surface area (Å²) in [4.78, 5) is 12.0. The van der Waals surface area contributed by atoms with Gasteiger partial charge in [0.2, 0.25) is 0 Å². The molecule has 0 spiro atoms. The Kier molecular flexibility index (Phi) is 16.3. The fourth-order valence-corrected chi connectivity index (χ4v) is 3.95. The molecule has 1 fully saturated rings. The summed E-state index contributed by atoms with van der Waals surface area (Å²) in [6, 6.07) is 0. The molecule has 6 nitrogen and oxygen atoms in total. The van der Waals surface area contributed by atoms with E-state index in [9.17, 15) is 20.1 Å². The molecule has 1 heterocycles. The fourth-order valence-electron chi connectivity index (χ4n) is 3.95. The second kappa shape index (κ2) is 17.9. The standard InChI is InChI=1S/C24H46O6/c1-2-3-4-5-6-7-8-9-10-11-12-13-14-15-16-17-22(27)30-24-21(26)19-29-18-20(25)23(24)28/h20-21,23-26,28H,2-19H2,1H3/t20-,21-,23-,24-/m1/s1. The number of ether oxygens (including phenoxy) is 2. The molecule has 0 aromatic heterocycles. The maximum absolute atomic E-state index is 12.0. The molecule has 1 rings (SSSR count). The molecule has 0 amide bonds. The first kappa shape index (κ1) is 27.3. The van der Waals surface area contributed by atoms with E-state index in [1.165, 1.54) is 77.0 Å². The van der Waals surface area contributed by atoms with E-state index >= 15 is 0 Å². The van der Waals surface area contributed by atoms with Crippen LogP contribution in [0.5, 0.6) is 0 Å². The zero-order valence-corrected chi connectivity index (χ0v) is 19.1. The van der Waals surface area contributed by atoms with E-state index in [4.69, 9.17) is 9.47 Å². The Balaban J connectivity index is 1.92. The summed E-state index contributed by atoms with van der Waals surface area (Å²) in [5, 5.41) is 29.6. The Morgan fingerprint density at radius 2 is 1.17 bits per heavy atom. The van der Waals surface area contributed by atoms with Gasteiger partial charge in [0.1, 0.15) is 18.3 Å². The molecule has 1 aliphatic heterocycles.